The van der Waals surface area contributed by atoms with E-state index >= 15 is 0 Å². The van der Waals surface area contributed by atoms with E-state index in [-0.39, 0.29) is 6.61 Å². The molecule has 0 radical (unpaired) electrons. The molecule has 0 amide bonds. The molecule has 21 heavy (non-hydrogen) atoms. The molecular weight excluding hydrogens is 276 g/mol. The number of esters is 1. The summed E-state index contributed by atoms with van der Waals surface area (Å²) in [6.45, 7) is 4.43. The van der Waals surface area contributed by atoms with Crippen LogP contribution in [-0.2, 0) is 25.4 Å². The van der Waals surface area contributed by atoms with E-state index in [2.05, 4.69) is 22.3 Å². The van der Waals surface area contributed by atoms with Crippen molar-refractivity contribution in [2.45, 2.75) is 32.2 Å². The van der Waals surface area contributed by atoms with Gasteiger partial charge in [0.2, 0.25) is 0 Å². The van der Waals surface area contributed by atoms with E-state index in [4.69, 9.17) is 19.9 Å². The average molecular weight is 300 g/mol. The Kier molecular flexibility index (Phi) is 9.34. The number of carbonyl (C=O) groups excluding carboxylic acids is 1. The van der Waals surface area contributed by atoms with E-state index < -0.39 is 12.0 Å². The molecule has 1 atom stereocenters. The van der Waals surface area contributed by atoms with Gasteiger partial charge >= 0.3 is 5.97 Å². The third kappa shape index (κ3) is 8.38. The Morgan fingerprint density at radius 1 is 1.29 bits per heavy atom. The number of carbonyl (C=O) groups is 1. The second kappa shape index (κ2) is 11.2. The monoisotopic (exact) mass is 300 g/mol. The summed E-state index contributed by atoms with van der Waals surface area (Å²) in [7, 11) is 0. The highest BCUT2D eigenvalue weighted by molar-refractivity contribution is 5.75. The number of nitrogens with two attached hydrogens (primary N) is 1. The summed E-state index contributed by atoms with van der Waals surface area (Å²) in [5.74, 6) is -0.471. The van der Waals surface area contributed by atoms with Gasteiger partial charge in [-0.1, -0.05) is 13.3 Å². The second-order valence-electron chi connectivity index (χ2n) is 4.52. The predicted molar refractivity (Wildman–Crippen MR) is 75.6 cm³/mol. The molecule has 0 bridgehead atoms. The first-order chi connectivity index (χ1) is 10.2. The maximum absolute atomic E-state index is 11.6. The number of aromatic amines is 1. The molecule has 1 aromatic rings. The van der Waals surface area contributed by atoms with Gasteiger partial charge in [-0.15, -0.1) is 0 Å². The van der Waals surface area contributed by atoms with Crippen LogP contribution < -0.4 is 5.73 Å². The molecule has 0 aliphatic heterocycles. The van der Waals surface area contributed by atoms with Crippen molar-refractivity contribution in [3.63, 3.8) is 0 Å². The number of aromatic nitrogens is 3. The van der Waals surface area contributed by atoms with Gasteiger partial charge in [-0.3, -0.25) is 4.79 Å². The Bertz CT molecular complexity index is 372. The summed E-state index contributed by atoms with van der Waals surface area (Å²) in [5, 5.41) is 9.93. The van der Waals surface area contributed by atoms with Gasteiger partial charge in [-0.05, 0) is 6.42 Å². The Hall–Kier alpha value is -1.51. The van der Waals surface area contributed by atoms with Crippen LogP contribution in [0.1, 0.15) is 25.5 Å². The summed E-state index contributed by atoms with van der Waals surface area (Å²) < 4.78 is 15.6. The van der Waals surface area contributed by atoms with Crippen molar-refractivity contribution in [3.05, 3.63) is 11.9 Å². The highest BCUT2D eigenvalue weighted by Gasteiger charge is 2.16. The van der Waals surface area contributed by atoms with Crippen molar-refractivity contribution in [1.82, 2.24) is 15.4 Å². The quantitative estimate of drug-likeness (QED) is 0.414. The fourth-order valence-corrected chi connectivity index (χ4v) is 1.51. The first kappa shape index (κ1) is 17.5. The minimum atomic E-state index is -0.743. The molecule has 8 heteroatoms. The lowest BCUT2D eigenvalue weighted by Crippen LogP contribution is -2.35. The number of nitrogens with one attached hydrogen (secondary N) is 1. The van der Waals surface area contributed by atoms with Crippen LogP contribution in [-0.4, -0.2) is 60.5 Å². The number of rotatable bonds is 12. The molecule has 1 unspecified atom stereocenters. The molecule has 0 saturated carbocycles. The summed E-state index contributed by atoms with van der Waals surface area (Å²) in [6, 6.07) is -0.743. The molecule has 1 aromatic heterocycles. The summed E-state index contributed by atoms with van der Waals surface area (Å²) >= 11 is 0. The minimum Gasteiger partial charge on any atom is -0.462 e. The first-order valence-electron chi connectivity index (χ1n) is 7.16. The highest BCUT2D eigenvalue weighted by Crippen LogP contribution is 1.97. The Balaban J connectivity index is 1.95. The van der Waals surface area contributed by atoms with Gasteiger partial charge in [-0.2, -0.15) is 15.4 Å². The third-order valence-electron chi connectivity index (χ3n) is 2.68. The first-order valence-corrected chi connectivity index (χ1v) is 7.16. The SMILES string of the molecule is CCCCOCCOCCOC(=O)C(N)Cc1cn[nH]n1. The van der Waals surface area contributed by atoms with E-state index in [1.807, 2.05) is 0 Å². The molecule has 120 valence electrons. The van der Waals surface area contributed by atoms with Crippen LogP contribution in [0.25, 0.3) is 0 Å². The lowest BCUT2D eigenvalue weighted by molar-refractivity contribution is -0.146. The molecule has 0 spiro atoms. The highest BCUT2D eigenvalue weighted by atomic mass is 16.6. The lowest BCUT2D eigenvalue weighted by atomic mass is 10.2. The van der Waals surface area contributed by atoms with Crippen molar-refractivity contribution in [2.75, 3.05) is 33.0 Å². The molecule has 0 saturated heterocycles. The Morgan fingerprint density at radius 2 is 2.00 bits per heavy atom. The lowest BCUT2D eigenvalue weighted by Gasteiger charge is -2.10. The van der Waals surface area contributed by atoms with Crippen LogP contribution in [0.5, 0.6) is 0 Å². The van der Waals surface area contributed by atoms with Gasteiger partial charge in [-0.25, -0.2) is 0 Å². The van der Waals surface area contributed by atoms with E-state index in [0.717, 1.165) is 19.4 Å². The van der Waals surface area contributed by atoms with Crippen LogP contribution >= 0.6 is 0 Å². The molecule has 0 aliphatic carbocycles. The maximum atomic E-state index is 11.6. The zero-order valence-electron chi connectivity index (χ0n) is 12.4. The molecule has 1 rings (SSSR count). The van der Waals surface area contributed by atoms with Crippen LogP contribution in [0.4, 0.5) is 0 Å². The van der Waals surface area contributed by atoms with Crippen molar-refractivity contribution < 1.29 is 19.0 Å². The third-order valence-corrected chi connectivity index (χ3v) is 2.68. The summed E-state index contributed by atoms with van der Waals surface area (Å²) in [5.41, 5.74) is 6.33. The topological polar surface area (TPSA) is 112 Å². The smallest absolute Gasteiger partial charge is 0.323 e. The van der Waals surface area contributed by atoms with E-state index in [0.29, 0.717) is 31.9 Å². The minimum absolute atomic E-state index is 0.181. The largest absolute Gasteiger partial charge is 0.462 e. The standard InChI is InChI=1S/C13H24N4O4/c1-2-3-4-19-5-6-20-7-8-21-13(18)12(14)9-11-10-15-17-16-11/h10,12H,2-9,14H2,1H3,(H,15,16,17). The van der Waals surface area contributed by atoms with Crippen molar-refractivity contribution >= 4 is 5.97 Å². The van der Waals surface area contributed by atoms with Gasteiger partial charge in [0.15, 0.2) is 0 Å². The van der Waals surface area contributed by atoms with E-state index in [9.17, 15) is 4.79 Å². The van der Waals surface area contributed by atoms with Crippen LogP contribution in [0.15, 0.2) is 6.20 Å². The summed E-state index contributed by atoms with van der Waals surface area (Å²) in [4.78, 5) is 11.6. The maximum Gasteiger partial charge on any atom is 0.323 e. The normalized spacial score (nSPS) is 12.3. The zero-order chi connectivity index (χ0) is 15.3. The molecular formula is C13H24N4O4. The number of hydrogen-bond donors (Lipinski definition) is 2. The fraction of sp³-hybridized carbons (Fsp3) is 0.769. The van der Waals surface area contributed by atoms with Crippen LogP contribution in [0.2, 0.25) is 0 Å². The fourth-order valence-electron chi connectivity index (χ4n) is 1.51. The van der Waals surface area contributed by atoms with Crippen molar-refractivity contribution in [3.8, 4) is 0 Å². The van der Waals surface area contributed by atoms with Crippen molar-refractivity contribution in [1.29, 1.82) is 0 Å². The molecule has 8 nitrogen and oxygen atoms in total. The van der Waals surface area contributed by atoms with Crippen LogP contribution in [0.3, 0.4) is 0 Å². The number of ether oxygens (including phenoxy) is 3. The Labute approximate surface area is 124 Å². The number of hydrogen-bond acceptors (Lipinski definition) is 7. The average Bonchev–Trinajstić information content (AvgIpc) is 2.98. The van der Waals surface area contributed by atoms with Gasteiger partial charge in [0.25, 0.3) is 0 Å². The molecule has 3 N–H and O–H groups in total. The molecule has 0 aliphatic rings. The second-order valence-corrected chi connectivity index (χ2v) is 4.52. The van der Waals surface area contributed by atoms with E-state index in [1.165, 1.54) is 6.20 Å². The summed E-state index contributed by atoms with van der Waals surface area (Å²) in [6.07, 6.45) is 3.99. The number of nitrogens with zero attached hydrogens (tertiary/aromatic N) is 2. The van der Waals surface area contributed by atoms with Crippen molar-refractivity contribution in [2.24, 2.45) is 5.73 Å². The van der Waals surface area contributed by atoms with Gasteiger partial charge < -0.3 is 19.9 Å². The number of unbranched alkanes of at least 4 members (excludes halogenated alkanes) is 1. The van der Waals surface area contributed by atoms with Crippen LogP contribution in [0, 0.1) is 0 Å². The predicted octanol–water partition coefficient (Wildman–Crippen LogP) is 0.0510. The molecule has 1 heterocycles. The van der Waals surface area contributed by atoms with Gasteiger partial charge in [0.1, 0.15) is 12.6 Å². The zero-order valence-corrected chi connectivity index (χ0v) is 12.4. The number of H-pyrrole nitrogens is 1. The molecule has 0 fully saturated rings. The molecule has 0 aromatic carbocycles. The van der Waals surface area contributed by atoms with E-state index in [1.54, 1.807) is 0 Å². The Morgan fingerprint density at radius 3 is 2.67 bits per heavy atom. The van der Waals surface area contributed by atoms with Gasteiger partial charge in [0.05, 0.1) is 31.7 Å². The van der Waals surface area contributed by atoms with Gasteiger partial charge in [0, 0.05) is 13.0 Å².